The number of fused-ring (bicyclic) bond motifs is 1. The first-order valence-corrected chi connectivity index (χ1v) is 6.47. The van der Waals surface area contributed by atoms with E-state index in [-0.39, 0.29) is 0 Å². The zero-order valence-electron chi connectivity index (χ0n) is 11.9. The summed E-state index contributed by atoms with van der Waals surface area (Å²) in [6.07, 6.45) is 2.06. The zero-order chi connectivity index (χ0) is 13.8. The fraction of sp³-hybridized carbons (Fsp3) is 0.400. The van der Waals surface area contributed by atoms with Gasteiger partial charge in [-0.3, -0.25) is 0 Å². The quantitative estimate of drug-likeness (QED) is 0.896. The average molecular weight is 260 g/mol. The van der Waals surface area contributed by atoms with E-state index in [1.807, 2.05) is 19.2 Å². The predicted octanol–water partition coefficient (Wildman–Crippen LogP) is 3.25. The van der Waals surface area contributed by atoms with Crippen molar-refractivity contribution in [3.63, 3.8) is 0 Å². The molecule has 0 spiro atoms. The highest BCUT2D eigenvalue weighted by atomic mass is 16.5. The lowest BCUT2D eigenvalue weighted by Gasteiger charge is -2.13. The number of hydrogen-bond donors (Lipinski definition) is 1. The number of benzene rings is 1. The summed E-state index contributed by atoms with van der Waals surface area (Å²) < 4.78 is 10.8. The molecular weight excluding hydrogens is 240 g/mol. The van der Waals surface area contributed by atoms with Gasteiger partial charge in [0, 0.05) is 12.4 Å². The molecule has 0 radical (unpaired) electrons. The van der Waals surface area contributed by atoms with Crippen LogP contribution < -0.4 is 14.8 Å². The van der Waals surface area contributed by atoms with Crippen molar-refractivity contribution in [3.05, 3.63) is 23.8 Å². The van der Waals surface area contributed by atoms with E-state index in [0.29, 0.717) is 0 Å². The van der Waals surface area contributed by atoms with Crippen LogP contribution in [0.25, 0.3) is 10.9 Å². The van der Waals surface area contributed by atoms with Crippen LogP contribution in [0.15, 0.2) is 18.2 Å². The Balaban J connectivity index is 2.74. The van der Waals surface area contributed by atoms with Crippen LogP contribution in [0.3, 0.4) is 0 Å². The van der Waals surface area contributed by atoms with E-state index in [4.69, 9.17) is 9.47 Å². The Morgan fingerprint density at radius 2 is 1.84 bits per heavy atom. The molecule has 0 atom stereocenters. The average Bonchev–Trinajstić information content (AvgIpc) is 2.45. The van der Waals surface area contributed by atoms with E-state index in [2.05, 4.69) is 23.3 Å². The van der Waals surface area contributed by atoms with Crippen LogP contribution in [0.5, 0.6) is 11.5 Å². The van der Waals surface area contributed by atoms with Crippen molar-refractivity contribution in [2.45, 2.75) is 19.8 Å². The smallest absolute Gasteiger partial charge is 0.145 e. The molecule has 2 rings (SSSR count). The largest absolute Gasteiger partial charge is 0.496 e. The van der Waals surface area contributed by atoms with Crippen molar-refractivity contribution in [1.82, 2.24) is 4.98 Å². The third kappa shape index (κ3) is 2.43. The van der Waals surface area contributed by atoms with Gasteiger partial charge in [0.25, 0.3) is 0 Å². The molecule has 4 nitrogen and oxygen atoms in total. The molecule has 102 valence electrons. The highest BCUT2D eigenvalue weighted by molar-refractivity contribution is 5.92. The van der Waals surface area contributed by atoms with E-state index >= 15 is 0 Å². The van der Waals surface area contributed by atoms with E-state index in [1.165, 1.54) is 5.56 Å². The summed E-state index contributed by atoms with van der Waals surface area (Å²) in [6, 6.07) is 5.93. The monoisotopic (exact) mass is 260 g/mol. The molecule has 0 aliphatic carbocycles. The van der Waals surface area contributed by atoms with Crippen LogP contribution in [-0.4, -0.2) is 26.3 Å². The van der Waals surface area contributed by atoms with Gasteiger partial charge >= 0.3 is 0 Å². The highest BCUT2D eigenvalue weighted by Crippen LogP contribution is 2.34. The van der Waals surface area contributed by atoms with Gasteiger partial charge in [-0.25, -0.2) is 4.98 Å². The standard InChI is InChI=1S/C15H20N2O2/c1-5-6-10-9-11-12(18-3)7-8-13(19-4)14(11)17-15(10)16-2/h7-9H,5-6H2,1-4H3,(H,16,17). The second kappa shape index (κ2) is 5.78. The number of methoxy groups -OCH3 is 2. The summed E-state index contributed by atoms with van der Waals surface area (Å²) in [5, 5.41) is 4.14. The summed E-state index contributed by atoms with van der Waals surface area (Å²) in [5.74, 6) is 2.49. The molecule has 4 heteroatoms. The maximum atomic E-state index is 5.42. The first-order chi connectivity index (χ1) is 9.24. The molecule has 0 amide bonds. The van der Waals surface area contributed by atoms with Gasteiger partial charge in [0.05, 0.1) is 14.2 Å². The van der Waals surface area contributed by atoms with Crippen LogP contribution in [-0.2, 0) is 6.42 Å². The second-order valence-electron chi connectivity index (χ2n) is 4.36. The number of ether oxygens (including phenoxy) is 2. The SMILES string of the molecule is CCCc1cc2c(OC)ccc(OC)c2nc1NC. The van der Waals surface area contributed by atoms with Crippen molar-refractivity contribution in [2.75, 3.05) is 26.6 Å². The maximum absolute atomic E-state index is 5.42. The summed E-state index contributed by atoms with van der Waals surface area (Å²) >= 11 is 0. The van der Waals surface area contributed by atoms with Crippen LogP contribution in [0.4, 0.5) is 5.82 Å². The Morgan fingerprint density at radius 1 is 1.16 bits per heavy atom. The Labute approximate surface area is 113 Å². The van der Waals surface area contributed by atoms with Gasteiger partial charge < -0.3 is 14.8 Å². The molecule has 1 aromatic carbocycles. The lowest BCUT2D eigenvalue weighted by atomic mass is 10.1. The molecular formula is C15H20N2O2. The molecule has 1 aromatic heterocycles. The Morgan fingerprint density at radius 3 is 2.42 bits per heavy atom. The van der Waals surface area contributed by atoms with Gasteiger partial charge in [0.1, 0.15) is 22.8 Å². The topological polar surface area (TPSA) is 43.4 Å². The normalized spacial score (nSPS) is 10.5. The van der Waals surface area contributed by atoms with Gasteiger partial charge in [0.2, 0.25) is 0 Å². The molecule has 0 saturated carbocycles. The number of aromatic nitrogens is 1. The molecule has 0 saturated heterocycles. The van der Waals surface area contributed by atoms with Gasteiger partial charge in [-0.15, -0.1) is 0 Å². The molecule has 0 bridgehead atoms. The molecule has 0 fully saturated rings. The first-order valence-electron chi connectivity index (χ1n) is 6.47. The molecule has 19 heavy (non-hydrogen) atoms. The highest BCUT2D eigenvalue weighted by Gasteiger charge is 2.12. The molecule has 0 unspecified atom stereocenters. The van der Waals surface area contributed by atoms with E-state index < -0.39 is 0 Å². The minimum Gasteiger partial charge on any atom is -0.496 e. The molecule has 1 N–H and O–H groups in total. The lowest BCUT2D eigenvalue weighted by molar-refractivity contribution is 0.410. The van der Waals surface area contributed by atoms with Crippen LogP contribution in [0.1, 0.15) is 18.9 Å². The van der Waals surface area contributed by atoms with Crippen LogP contribution in [0.2, 0.25) is 0 Å². The van der Waals surface area contributed by atoms with Gasteiger partial charge in [-0.05, 0) is 30.2 Å². The van der Waals surface area contributed by atoms with Crippen molar-refractivity contribution >= 4 is 16.7 Å². The van der Waals surface area contributed by atoms with Gasteiger partial charge in [0.15, 0.2) is 0 Å². The third-order valence-electron chi connectivity index (χ3n) is 3.18. The molecule has 0 aliphatic heterocycles. The molecule has 1 heterocycles. The van der Waals surface area contributed by atoms with E-state index in [1.54, 1.807) is 14.2 Å². The third-order valence-corrected chi connectivity index (χ3v) is 3.18. The van der Waals surface area contributed by atoms with E-state index in [9.17, 15) is 0 Å². The van der Waals surface area contributed by atoms with E-state index in [0.717, 1.165) is 41.1 Å². The predicted molar refractivity (Wildman–Crippen MR) is 78.4 cm³/mol. The van der Waals surface area contributed by atoms with Gasteiger partial charge in [-0.2, -0.15) is 0 Å². The Kier molecular flexibility index (Phi) is 4.10. The number of pyridine rings is 1. The Bertz CT molecular complexity index is 582. The molecule has 2 aromatic rings. The number of nitrogens with one attached hydrogen (secondary N) is 1. The number of anilines is 1. The summed E-state index contributed by atoms with van der Waals surface area (Å²) in [7, 11) is 5.22. The lowest BCUT2D eigenvalue weighted by Crippen LogP contribution is -2.01. The van der Waals surface area contributed by atoms with Crippen molar-refractivity contribution in [1.29, 1.82) is 0 Å². The van der Waals surface area contributed by atoms with Crippen molar-refractivity contribution < 1.29 is 9.47 Å². The van der Waals surface area contributed by atoms with Crippen molar-refractivity contribution in [2.24, 2.45) is 0 Å². The first kappa shape index (κ1) is 13.5. The number of hydrogen-bond acceptors (Lipinski definition) is 4. The number of rotatable bonds is 5. The number of nitrogens with zero attached hydrogens (tertiary/aromatic N) is 1. The zero-order valence-corrected chi connectivity index (χ0v) is 11.9. The van der Waals surface area contributed by atoms with Gasteiger partial charge in [-0.1, -0.05) is 13.3 Å². The maximum Gasteiger partial charge on any atom is 0.145 e. The summed E-state index contributed by atoms with van der Waals surface area (Å²) in [4.78, 5) is 4.68. The fourth-order valence-corrected chi connectivity index (χ4v) is 2.27. The Hall–Kier alpha value is -1.97. The van der Waals surface area contributed by atoms with Crippen LogP contribution in [0, 0.1) is 0 Å². The van der Waals surface area contributed by atoms with Crippen LogP contribution >= 0.6 is 0 Å². The number of aryl methyl sites for hydroxylation is 1. The minimum atomic E-state index is 0.760. The minimum absolute atomic E-state index is 0.760. The fourth-order valence-electron chi connectivity index (χ4n) is 2.27. The van der Waals surface area contributed by atoms with Crippen molar-refractivity contribution in [3.8, 4) is 11.5 Å². The molecule has 0 aliphatic rings. The summed E-state index contributed by atoms with van der Waals surface area (Å²) in [6.45, 7) is 2.16. The second-order valence-corrected chi connectivity index (χ2v) is 4.36. The summed E-state index contributed by atoms with van der Waals surface area (Å²) in [5.41, 5.74) is 2.02.